The maximum Gasteiger partial charge on any atom is 0.316 e. The predicted octanol–water partition coefficient (Wildman–Crippen LogP) is 1.44. The highest BCUT2D eigenvalue weighted by atomic mass is 16.6. The Morgan fingerprint density at radius 3 is 2.35 bits per heavy atom. The smallest absolute Gasteiger partial charge is 0.316 e. The van der Waals surface area contributed by atoms with E-state index in [4.69, 9.17) is 20.3 Å². The van der Waals surface area contributed by atoms with Crippen LogP contribution in [0.1, 0.15) is 41.0 Å². The molecule has 9 heteroatoms. The van der Waals surface area contributed by atoms with Crippen molar-refractivity contribution in [2.75, 3.05) is 19.8 Å². The first kappa shape index (κ1) is 26.5. The van der Waals surface area contributed by atoms with Crippen molar-refractivity contribution in [3.05, 3.63) is 24.8 Å². The van der Waals surface area contributed by atoms with Crippen molar-refractivity contribution in [2.45, 2.75) is 53.2 Å². The van der Waals surface area contributed by atoms with Gasteiger partial charge in [0.15, 0.2) is 6.10 Å². The van der Waals surface area contributed by atoms with Crippen LogP contribution in [-0.4, -0.2) is 60.4 Å². The molecule has 0 aliphatic carbocycles. The van der Waals surface area contributed by atoms with Crippen LogP contribution in [0, 0.1) is 28.1 Å². The molecule has 0 aromatic heterocycles. The highest BCUT2D eigenvalue weighted by Crippen LogP contribution is 2.27. The topological polar surface area (TPSA) is 139 Å². The number of amides is 1. The highest BCUT2D eigenvalue weighted by molar-refractivity contribution is 6.02. The number of ether oxygens (including phenoxy) is 2. The van der Waals surface area contributed by atoms with Gasteiger partial charge in [0.25, 0.3) is 0 Å². The maximum absolute atomic E-state index is 12.8. The summed E-state index contributed by atoms with van der Waals surface area (Å²) in [7, 11) is 0. The molecule has 31 heavy (non-hydrogen) atoms. The number of nitrogens with one attached hydrogen (secondary N) is 3. The second-order valence-electron chi connectivity index (χ2n) is 8.47. The zero-order valence-corrected chi connectivity index (χ0v) is 19.1. The number of hydrogen-bond donors (Lipinski definition) is 3. The number of carbonyl (C=O) groups excluding carboxylic acids is 2. The van der Waals surface area contributed by atoms with Gasteiger partial charge in [-0.3, -0.25) is 14.6 Å². The Hall–Kier alpha value is -2.52. The number of nitrogens with zero attached hydrogens (tertiary/aromatic N) is 1. The first-order valence-electron chi connectivity index (χ1n) is 10.4. The number of hydrogen-bond acceptors (Lipinski definition) is 8. The van der Waals surface area contributed by atoms with Crippen molar-refractivity contribution in [3.8, 4) is 0 Å². The van der Waals surface area contributed by atoms with E-state index in [1.165, 1.54) is 18.0 Å². The summed E-state index contributed by atoms with van der Waals surface area (Å²) in [5, 5.41) is 28.2. The lowest BCUT2D eigenvalue weighted by molar-refractivity contribution is -0.223. The Bertz CT molecular complexity index is 729. The third-order valence-electron chi connectivity index (χ3n) is 5.33. The average Bonchev–Trinajstić information content (AvgIpc) is 2.68. The number of rotatable bonds is 13. The minimum atomic E-state index is -0.896. The van der Waals surface area contributed by atoms with E-state index in [0.29, 0.717) is 25.3 Å². The van der Waals surface area contributed by atoms with Crippen molar-refractivity contribution in [2.24, 2.45) is 17.3 Å². The fraction of sp³-hybridized carbons (Fsp3) is 0.636. The molecule has 1 heterocycles. The van der Waals surface area contributed by atoms with Gasteiger partial charge in [-0.1, -0.05) is 19.6 Å². The Labute approximate surface area is 184 Å². The molecule has 0 bridgehead atoms. The van der Waals surface area contributed by atoms with Gasteiger partial charge in [0.2, 0.25) is 5.91 Å². The first-order valence-corrected chi connectivity index (χ1v) is 10.4. The van der Waals surface area contributed by atoms with E-state index in [2.05, 4.69) is 18.6 Å². The first-order chi connectivity index (χ1) is 14.3. The van der Waals surface area contributed by atoms with Crippen molar-refractivity contribution in [1.29, 1.82) is 10.8 Å². The highest BCUT2D eigenvalue weighted by Gasteiger charge is 2.38. The molecule has 9 nitrogen and oxygen atoms in total. The molecule has 1 rings (SSSR count). The summed E-state index contributed by atoms with van der Waals surface area (Å²) in [5.74, 6) is -2.27. The largest absolute Gasteiger partial charge is 0.861 e. The second-order valence-corrected chi connectivity index (χ2v) is 8.47. The molecule has 3 atom stereocenters. The molecular weight excluding hydrogens is 400 g/mol. The predicted molar refractivity (Wildman–Crippen MR) is 117 cm³/mol. The molecule has 3 N–H and O–H groups in total. The molecule has 0 spiro atoms. The molecule has 1 saturated heterocycles. The van der Waals surface area contributed by atoms with Crippen LogP contribution in [0.3, 0.4) is 0 Å². The lowest BCUT2D eigenvalue weighted by Crippen LogP contribution is -2.53. The van der Waals surface area contributed by atoms with Crippen molar-refractivity contribution in [3.63, 3.8) is 0 Å². The van der Waals surface area contributed by atoms with Gasteiger partial charge >= 0.3 is 5.97 Å². The number of carbonyl (C=O) groups is 2. The normalized spacial score (nSPS) is 16.9. The van der Waals surface area contributed by atoms with E-state index in [9.17, 15) is 14.7 Å². The SMILES string of the molecule is C=CC(C)(C)C(=O)OC(C(=N)C(=C)C[C@@H](C)C(=O)N(CC)N[C@@H](C)C(=N)[O-])C1COC1. The molecular formula is C22H35N4O5-. The Balaban J connectivity index is 2.84. The Kier molecular flexibility index (Phi) is 9.58. The van der Waals surface area contributed by atoms with Gasteiger partial charge in [-0.25, -0.2) is 5.43 Å². The van der Waals surface area contributed by atoms with Crippen molar-refractivity contribution >= 4 is 23.5 Å². The van der Waals surface area contributed by atoms with Crippen LogP contribution in [0.5, 0.6) is 0 Å². The van der Waals surface area contributed by atoms with Gasteiger partial charge in [-0.2, -0.15) is 0 Å². The molecule has 174 valence electrons. The molecule has 0 aromatic carbocycles. The van der Waals surface area contributed by atoms with E-state index in [-0.39, 0.29) is 24.0 Å². The van der Waals surface area contributed by atoms with Gasteiger partial charge in [0.1, 0.15) is 0 Å². The summed E-state index contributed by atoms with van der Waals surface area (Å²) in [6, 6.07) is -0.812. The Morgan fingerprint density at radius 1 is 1.35 bits per heavy atom. The zero-order chi connectivity index (χ0) is 23.9. The summed E-state index contributed by atoms with van der Waals surface area (Å²) in [6.07, 6.45) is 0.875. The maximum atomic E-state index is 12.8. The lowest BCUT2D eigenvalue weighted by Gasteiger charge is -2.36. The van der Waals surface area contributed by atoms with E-state index >= 15 is 0 Å². The molecule has 1 aliphatic rings. The second kappa shape index (κ2) is 11.2. The molecule has 0 saturated carbocycles. The van der Waals surface area contributed by atoms with E-state index in [1.54, 1.807) is 27.7 Å². The van der Waals surface area contributed by atoms with E-state index in [1.807, 2.05) is 0 Å². The van der Waals surface area contributed by atoms with Crippen LogP contribution >= 0.6 is 0 Å². The minimum absolute atomic E-state index is 0.0619. The van der Waals surface area contributed by atoms with E-state index in [0.717, 1.165) is 0 Å². The fourth-order valence-electron chi connectivity index (χ4n) is 2.81. The van der Waals surface area contributed by atoms with Crippen molar-refractivity contribution in [1.82, 2.24) is 10.4 Å². The van der Waals surface area contributed by atoms with Crippen LogP contribution in [0.2, 0.25) is 0 Å². The molecule has 1 unspecified atom stereocenters. The fourth-order valence-corrected chi connectivity index (χ4v) is 2.81. The van der Waals surface area contributed by atoms with Crippen LogP contribution in [-0.2, 0) is 19.1 Å². The number of esters is 1. The summed E-state index contributed by atoms with van der Waals surface area (Å²) in [5.41, 5.74) is 2.28. The van der Waals surface area contributed by atoms with Gasteiger partial charge in [-0.05, 0) is 45.6 Å². The average molecular weight is 436 g/mol. The van der Waals surface area contributed by atoms with Gasteiger partial charge in [0, 0.05) is 18.4 Å². The van der Waals surface area contributed by atoms with Crippen LogP contribution in [0.25, 0.3) is 0 Å². The molecule has 1 aliphatic heterocycles. The quantitative estimate of drug-likeness (QED) is 0.132. The minimum Gasteiger partial charge on any atom is -0.861 e. The third-order valence-corrected chi connectivity index (χ3v) is 5.33. The summed E-state index contributed by atoms with van der Waals surface area (Å²) in [4.78, 5) is 25.3. The van der Waals surface area contributed by atoms with Gasteiger partial charge in [-0.15, -0.1) is 6.58 Å². The Morgan fingerprint density at radius 2 is 1.94 bits per heavy atom. The summed E-state index contributed by atoms with van der Waals surface area (Å²) in [6.45, 7) is 17.0. The molecule has 1 amide bonds. The summed E-state index contributed by atoms with van der Waals surface area (Å²) < 4.78 is 10.9. The van der Waals surface area contributed by atoms with Gasteiger partial charge in [0.05, 0.1) is 30.4 Å². The monoisotopic (exact) mass is 435 g/mol. The zero-order valence-electron chi connectivity index (χ0n) is 19.1. The summed E-state index contributed by atoms with van der Waals surface area (Å²) >= 11 is 0. The van der Waals surface area contributed by atoms with Crippen LogP contribution in [0.4, 0.5) is 0 Å². The number of hydrazine groups is 1. The molecule has 0 aromatic rings. The van der Waals surface area contributed by atoms with Crippen LogP contribution in [0.15, 0.2) is 24.8 Å². The molecule has 1 fully saturated rings. The molecule has 0 radical (unpaired) electrons. The van der Waals surface area contributed by atoms with Gasteiger partial charge < -0.3 is 25.4 Å². The van der Waals surface area contributed by atoms with E-state index < -0.39 is 35.3 Å². The van der Waals surface area contributed by atoms with Crippen LogP contribution < -0.4 is 10.5 Å². The lowest BCUT2D eigenvalue weighted by atomic mass is 9.88. The van der Waals surface area contributed by atoms with Crippen molar-refractivity contribution < 1.29 is 24.2 Å². The standard InChI is InChI=1S/C22H36N4O5/c1-8-22(6,7)21(29)31-18(16-11-30-12-16)17(23)13(3)10-14(4)20(28)26(9-2)25-15(5)19(24)27/h8,14-16,18,23,25H,1,3,9-12H2,2,4-7H3,(H2,24,27)/p-1/t14-,15+,18?/m1/s1. The third kappa shape index (κ3) is 7.00.